The van der Waals surface area contributed by atoms with Gasteiger partial charge in [0.25, 0.3) is 0 Å². The molecule has 1 rings (SSSR count). The van der Waals surface area contributed by atoms with Gasteiger partial charge in [-0.2, -0.15) is 0 Å². The largest absolute Gasteiger partial charge is 0.338 e. The molecule has 0 aliphatic carbocycles. The Bertz CT molecular complexity index is 395. The minimum atomic E-state index is -0.399. The van der Waals surface area contributed by atoms with Crippen molar-refractivity contribution in [1.82, 2.24) is 4.90 Å². The van der Waals surface area contributed by atoms with Crippen molar-refractivity contribution in [2.45, 2.75) is 34.2 Å². The number of carbonyl (C=O) groups excluding carboxylic acids is 1. The average molecular weight is 237 g/mol. The molecule has 1 aromatic rings. The molecule has 0 fully saturated rings. The number of rotatable bonds is 3. The van der Waals surface area contributed by atoms with Crippen LogP contribution in [0.4, 0.5) is 4.39 Å². The predicted molar refractivity (Wildman–Crippen MR) is 66.9 cm³/mol. The Morgan fingerprint density at radius 1 is 1.35 bits per heavy atom. The molecule has 0 atom stereocenters. The Morgan fingerprint density at radius 3 is 2.47 bits per heavy atom. The Labute approximate surface area is 102 Å². The van der Waals surface area contributed by atoms with Crippen LogP contribution < -0.4 is 0 Å². The van der Waals surface area contributed by atoms with E-state index in [1.54, 1.807) is 11.0 Å². The van der Waals surface area contributed by atoms with E-state index in [2.05, 4.69) is 0 Å². The molecule has 2 nitrogen and oxygen atoms in total. The Kier molecular flexibility index (Phi) is 4.27. The highest BCUT2D eigenvalue weighted by Crippen LogP contribution is 2.19. The second-order valence-corrected chi connectivity index (χ2v) is 5.20. The lowest BCUT2D eigenvalue weighted by atomic mass is 9.94. The van der Waals surface area contributed by atoms with Crippen molar-refractivity contribution >= 4 is 5.91 Å². The maximum absolute atomic E-state index is 13.1. The molecular weight excluding hydrogens is 217 g/mol. The fraction of sp³-hybridized carbons (Fsp3) is 0.500. The molecule has 0 aliphatic heterocycles. The summed E-state index contributed by atoms with van der Waals surface area (Å²) in [5.41, 5.74) is 0.424. The van der Waals surface area contributed by atoms with E-state index >= 15 is 0 Å². The number of carbonyl (C=O) groups is 1. The highest BCUT2D eigenvalue weighted by Gasteiger charge is 2.26. The summed E-state index contributed by atoms with van der Waals surface area (Å²) in [5, 5.41) is 0. The summed E-state index contributed by atoms with van der Waals surface area (Å²) in [5.74, 6) is -0.175. The van der Waals surface area contributed by atoms with Gasteiger partial charge in [-0.3, -0.25) is 4.79 Å². The maximum Gasteiger partial charge on any atom is 0.228 e. The van der Waals surface area contributed by atoms with E-state index in [1.807, 2.05) is 33.8 Å². The van der Waals surface area contributed by atoms with E-state index in [9.17, 15) is 9.18 Å². The average Bonchev–Trinajstić information content (AvgIpc) is 2.24. The van der Waals surface area contributed by atoms with Crippen LogP contribution in [0.5, 0.6) is 0 Å². The summed E-state index contributed by atoms with van der Waals surface area (Å²) in [6, 6.07) is 6.38. The topological polar surface area (TPSA) is 20.3 Å². The highest BCUT2D eigenvalue weighted by atomic mass is 19.1. The second-order valence-electron chi connectivity index (χ2n) is 5.20. The molecular formula is C14H20FNO. The standard InChI is InChI=1S/C14H20FNO/c1-5-16(13(17)14(2,3)4)10-11-7-6-8-12(15)9-11/h6-9H,5,10H2,1-4H3. The van der Waals surface area contributed by atoms with Crippen molar-refractivity contribution in [3.8, 4) is 0 Å². The quantitative estimate of drug-likeness (QED) is 0.790. The molecule has 0 saturated heterocycles. The minimum absolute atomic E-state index is 0.0873. The van der Waals surface area contributed by atoms with Gasteiger partial charge in [-0.15, -0.1) is 0 Å². The monoisotopic (exact) mass is 237 g/mol. The van der Waals surface area contributed by atoms with Gasteiger partial charge in [-0.25, -0.2) is 4.39 Å². The summed E-state index contributed by atoms with van der Waals surface area (Å²) < 4.78 is 13.1. The van der Waals surface area contributed by atoms with Gasteiger partial charge in [0.15, 0.2) is 0 Å². The third-order valence-corrected chi connectivity index (χ3v) is 2.57. The van der Waals surface area contributed by atoms with Crippen LogP contribution in [0.15, 0.2) is 24.3 Å². The van der Waals surface area contributed by atoms with Crippen LogP contribution in [0.25, 0.3) is 0 Å². The highest BCUT2D eigenvalue weighted by molar-refractivity contribution is 5.81. The third-order valence-electron chi connectivity index (χ3n) is 2.57. The molecule has 1 aromatic carbocycles. The van der Waals surface area contributed by atoms with E-state index in [-0.39, 0.29) is 11.7 Å². The van der Waals surface area contributed by atoms with Crippen molar-refractivity contribution < 1.29 is 9.18 Å². The molecule has 0 radical (unpaired) electrons. The van der Waals surface area contributed by atoms with Crippen molar-refractivity contribution in [3.63, 3.8) is 0 Å². The van der Waals surface area contributed by atoms with Gasteiger partial charge in [0.1, 0.15) is 5.82 Å². The lowest BCUT2D eigenvalue weighted by Crippen LogP contribution is -2.38. The van der Waals surface area contributed by atoms with Gasteiger partial charge in [0.2, 0.25) is 5.91 Å². The fourth-order valence-electron chi connectivity index (χ4n) is 1.66. The van der Waals surface area contributed by atoms with E-state index in [0.717, 1.165) is 5.56 Å². The molecule has 0 spiro atoms. The van der Waals surface area contributed by atoms with E-state index in [0.29, 0.717) is 13.1 Å². The molecule has 1 amide bonds. The summed E-state index contributed by atoms with van der Waals surface area (Å²) in [6.07, 6.45) is 0. The van der Waals surface area contributed by atoms with Gasteiger partial charge in [0.05, 0.1) is 0 Å². The summed E-state index contributed by atoms with van der Waals surface area (Å²) in [7, 11) is 0. The number of halogens is 1. The van der Waals surface area contributed by atoms with Crippen molar-refractivity contribution in [2.75, 3.05) is 6.54 Å². The van der Waals surface area contributed by atoms with Crippen molar-refractivity contribution in [2.24, 2.45) is 5.41 Å². The minimum Gasteiger partial charge on any atom is -0.338 e. The van der Waals surface area contributed by atoms with E-state index in [1.165, 1.54) is 12.1 Å². The number of hydrogen-bond donors (Lipinski definition) is 0. The predicted octanol–water partition coefficient (Wildman–Crippen LogP) is 3.22. The van der Waals surface area contributed by atoms with Crippen LogP contribution >= 0.6 is 0 Å². The molecule has 0 heterocycles. The summed E-state index contributed by atoms with van der Waals surface area (Å²) in [6.45, 7) is 8.70. The second kappa shape index (κ2) is 5.30. The van der Waals surface area contributed by atoms with Crippen molar-refractivity contribution in [1.29, 1.82) is 0 Å². The summed E-state index contributed by atoms with van der Waals surface area (Å²) >= 11 is 0. The SMILES string of the molecule is CCN(Cc1cccc(F)c1)C(=O)C(C)(C)C. The first-order valence-electron chi connectivity index (χ1n) is 5.88. The van der Waals surface area contributed by atoms with Crippen LogP contribution in [0, 0.1) is 11.2 Å². The van der Waals surface area contributed by atoms with Crippen LogP contribution in [0.2, 0.25) is 0 Å². The number of benzene rings is 1. The maximum atomic E-state index is 13.1. The van der Waals surface area contributed by atoms with Crippen LogP contribution in [-0.4, -0.2) is 17.4 Å². The molecule has 94 valence electrons. The molecule has 17 heavy (non-hydrogen) atoms. The first-order chi connectivity index (χ1) is 7.84. The number of amides is 1. The van der Waals surface area contributed by atoms with Crippen molar-refractivity contribution in [3.05, 3.63) is 35.6 Å². The number of nitrogens with zero attached hydrogens (tertiary/aromatic N) is 1. The fourth-order valence-corrected chi connectivity index (χ4v) is 1.66. The molecule has 0 aliphatic rings. The zero-order valence-electron chi connectivity index (χ0n) is 11.0. The smallest absolute Gasteiger partial charge is 0.228 e. The Balaban J connectivity index is 2.81. The zero-order chi connectivity index (χ0) is 13.1. The van der Waals surface area contributed by atoms with Crippen LogP contribution in [0.1, 0.15) is 33.3 Å². The zero-order valence-corrected chi connectivity index (χ0v) is 11.0. The summed E-state index contributed by atoms with van der Waals surface area (Å²) in [4.78, 5) is 13.9. The molecule has 0 bridgehead atoms. The number of hydrogen-bond acceptors (Lipinski definition) is 1. The molecule has 3 heteroatoms. The van der Waals surface area contributed by atoms with E-state index in [4.69, 9.17) is 0 Å². The van der Waals surface area contributed by atoms with Crippen LogP contribution in [-0.2, 0) is 11.3 Å². The van der Waals surface area contributed by atoms with Gasteiger partial charge in [0, 0.05) is 18.5 Å². The van der Waals surface area contributed by atoms with Gasteiger partial charge in [-0.1, -0.05) is 32.9 Å². The molecule has 0 N–H and O–H groups in total. The lowest BCUT2D eigenvalue weighted by molar-refractivity contribution is -0.139. The first-order valence-corrected chi connectivity index (χ1v) is 5.88. The molecule has 0 aromatic heterocycles. The normalized spacial score (nSPS) is 11.4. The Hall–Kier alpha value is -1.38. The van der Waals surface area contributed by atoms with Gasteiger partial charge < -0.3 is 4.90 Å². The lowest BCUT2D eigenvalue weighted by Gasteiger charge is -2.28. The van der Waals surface area contributed by atoms with Crippen LogP contribution in [0.3, 0.4) is 0 Å². The van der Waals surface area contributed by atoms with E-state index < -0.39 is 5.41 Å². The first kappa shape index (κ1) is 13.7. The molecule has 0 unspecified atom stereocenters. The Morgan fingerprint density at radius 2 is 2.00 bits per heavy atom. The van der Waals surface area contributed by atoms with Gasteiger partial charge in [-0.05, 0) is 24.6 Å². The third kappa shape index (κ3) is 3.84. The molecule has 0 saturated carbocycles. The van der Waals surface area contributed by atoms with Gasteiger partial charge >= 0.3 is 0 Å².